The molecule has 0 heterocycles. The summed E-state index contributed by atoms with van der Waals surface area (Å²) >= 11 is 0. The number of carbonyl (C=O) groups excluding carboxylic acids is 1. The zero-order chi connectivity index (χ0) is 13.2. The molecule has 1 aliphatic carbocycles. The number of nitrogens with two attached hydrogens (primary N) is 1. The maximum absolute atomic E-state index is 11.4. The fourth-order valence-electron chi connectivity index (χ4n) is 1.95. The van der Waals surface area contributed by atoms with Gasteiger partial charge in [0, 0.05) is 18.6 Å². The van der Waals surface area contributed by atoms with Crippen molar-refractivity contribution < 1.29 is 13.2 Å². The molecule has 96 valence electrons. The first-order chi connectivity index (χ1) is 8.47. The highest BCUT2D eigenvalue weighted by Gasteiger charge is 2.17. The van der Waals surface area contributed by atoms with Crippen LogP contribution in [0.25, 0.3) is 0 Å². The summed E-state index contributed by atoms with van der Waals surface area (Å²) in [5, 5.41) is 5.13. The van der Waals surface area contributed by atoms with Crippen LogP contribution in [0, 0.1) is 0 Å². The van der Waals surface area contributed by atoms with E-state index in [-0.39, 0.29) is 10.7 Å². The standard InChI is InChI=1S/C12H14N2O3S/c13-18(16,17)12-7-2-1-6-11(12)14-9-4-3-5-10(15)8-9/h1-2,6-7H,3-5,8H2,(H2,13,16,17). The minimum absolute atomic E-state index is 0.00415. The average Bonchev–Trinajstić information content (AvgIpc) is 2.28. The van der Waals surface area contributed by atoms with E-state index in [4.69, 9.17) is 5.14 Å². The molecule has 0 atom stereocenters. The van der Waals surface area contributed by atoms with Gasteiger partial charge in [-0.2, -0.15) is 0 Å². The normalized spacial score (nSPS) is 19.2. The Morgan fingerprint density at radius 2 is 1.89 bits per heavy atom. The van der Waals surface area contributed by atoms with E-state index in [1.54, 1.807) is 18.2 Å². The number of para-hydroxylation sites is 1. The summed E-state index contributed by atoms with van der Waals surface area (Å²) in [5.74, 6) is 0.146. The predicted octanol–water partition coefficient (Wildman–Crippen LogP) is 1.55. The quantitative estimate of drug-likeness (QED) is 0.880. The molecule has 1 aromatic carbocycles. The summed E-state index contributed by atoms with van der Waals surface area (Å²) in [6.07, 6.45) is 2.38. The number of nitrogens with zero attached hydrogens (tertiary/aromatic N) is 1. The molecule has 0 unspecified atom stereocenters. The second-order valence-corrected chi connectivity index (χ2v) is 5.79. The number of sulfonamides is 1. The van der Waals surface area contributed by atoms with Gasteiger partial charge in [-0.25, -0.2) is 13.6 Å². The number of hydrogen-bond donors (Lipinski definition) is 1. The first-order valence-electron chi connectivity index (χ1n) is 5.67. The number of hydrogen-bond acceptors (Lipinski definition) is 4. The lowest BCUT2D eigenvalue weighted by Crippen LogP contribution is -2.15. The zero-order valence-corrected chi connectivity index (χ0v) is 10.6. The van der Waals surface area contributed by atoms with Gasteiger partial charge in [-0.3, -0.25) is 9.79 Å². The minimum atomic E-state index is -3.79. The first kappa shape index (κ1) is 12.9. The van der Waals surface area contributed by atoms with Crippen LogP contribution in [0.1, 0.15) is 25.7 Å². The Morgan fingerprint density at radius 3 is 2.56 bits per heavy atom. The number of benzene rings is 1. The first-order valence-corrected chi connectivity index (χ1v) is 7.21. The van der Waals surface area contributed by atoms with Gasteiger partial charge in [0.2, 0.25) is 10.0 Å². The highest BCUT2D eigenvalue weighted by Crippen LogP contribution is 2.25. The molecule has 0 aromatic heterocycles. The second kappa shape index (κ2) is 4.99. The van der Waals surface area contributed by atoms with Crippen molar-refractivity contribution in [3.05, 3.63) is 24.3 Å². The lowest BCUT2D eigenvalue weighted by atomic mass is 9.97. The topological polar surface area (TPSA) is 89.6 Å². The summed E-state index contributed by atoms with van der Waals surface area (Å²) in [4.78, 5) is 15.6. The molecule has 1 aliphatic rings. The van der Waals surface area contributed by atoms with Crippen molar-refractivity contribution in [1.82, 2.24) is 0 Å². The van der Waals surface area contributed by atoms with Gasteiger partial charge < -0.3 is 0 Å². The fraction of sp³-hybridized carbons (Fsp3) is 0.333. The smallest absolute Gasteiger partial charge is 0.240 e. The van der Waals surface area contributed by atoms with Crippen LogP contribution in [0.2, 0.25) is 0 Å². The predicted molar refractivity (Wildman–Crippen MR) is 68.4 cm³/mol. The maximum Gasteiger partial charge on any atom is 0.240 e. The molecule has 18 heavy (non-hydrogen) atoms. The number of primary sulfonamides is 1. The molecule has 0 radical (unpaired) electrons. The van der Waals surface area contributed by atoms with Gasteiger partial charge in [0.1, 0.15) is 10.7 Å². The van der Waals surface area contributed by atoms with E-state index in [1.165, 1.54) is 6.07 Å². The molecule has 0 saturated heterocycles. The molecule has 1 aromatic rings. The Balaban J connectivity index is 2.40. The molecule has 1 saturated carbocycles. The second-order valence-electron chi connectivity index (χ2n) is 4.26. The van der Waals surface area contributed by atoms with Crippen LogP contribution in [0.5, 0.6) is 0 Å². The molecule has 6 heteroatoms. The van der Waals surface area contributed by atoms with Crippen LogP contribution in [-0.4, -0.2) is 19.9 Å². The molecule has 5 nitrogen and oxygen atoms in total. The molecule has 1 fully saturated rings. The number of carbonyl (C=O) groups is 1. The Morgan fingerprint density at radius 1 is 1.17 bits per heavy atom. The van der Waals surface area contributed by atoms with E-state index in [9.17, 15) is 13.2 Å². The van der Waals surface area contributed by atoms with Gasteiger partial charge in [-0.05, 0) is 25.0 Å². The van der Waals surface area contributed by atoms with Crippen molar-refractivity contribution >= 4 is 27.2 Å². The Bertz CT molecular complexity index is 606. The third-order valence-corrected chi connectivity index (χ3v) is 3.73. The summed E-state index contributed by atoms with van der Waals surface area (Å²) in [6.45, 7) is 0. The molecular formula is C12H14N2O3S. The van der Waals surface area contributed by atoms with Crippen LogP contribution in [0.4, 0.5) is 5.69 Å². The van der Waals surface area contributed by atoms with E-state index in [2.05, 4.69) is 4.99 Å². The van der Waals surface area contributed by atoms with Crippen LogP contribution < -0.4 is 5.14 Å². The van der Waals surface area contributed by atoms with Gasteiger partial charge in [0.05, 0.1) is 5.69 Å². The van der Waals surface area contributed by atoms with Crippen molar-refractivity contribution in [3.63, 3.8) is 0 Å². The van der Waals surface area contributed by atoms with E-state index in [0.29, 0.717) is 18.5 Å². The third-order valence-electron chi connectivity index (χ3n) is 2.77. The largest absolute Gasteiger partial charge is 0.299 e. The number of rotatable bonds is 2. The van der Waals surface area contributed by atoms with Crippen LogP contribution in [0.15, 0.2) is 34.2 Å². The summed E-state index contributed by atoms with van der Waals surface area (Å²) < 4.78 is 22.8. The molecular weight excluding hydrogens is 252 g/mol. The van der Waals surface area contributed by atoms with Gasteiger partial charge >= 0.3 is 0 Å². The van der Waals surface area contributed by atoms with Gasteiger partial charge in [0.15, 0.2) is 0 Å². The van der Waals surface area contributed by atoms with Crippen molar-refractivity contribution in [3.8, 4) is 0 Å². The van der Waals surface area contributed by atoms with E-state index >= 15 is 0 Å². The van der Waals surface area contributed by atoms with Gasteiger partial charge in [0.25, 0.3) is 0 Å². The van der Waals surface area contributed by atoms with E-state index < -0.39 is 10.0 Å². The molecule has 2 N–H and O–H groups in total. The monoisotopic (exact) mass is 266 g/mol. The van der Waals surface area contributed by atoms with Crippen LogP contribution in [-0.2, 0) is 14.8 Å². The molecule has 0 amide bonds. The third kappa shape index (κ3) is 3.02. The molecule has 0 bridgehead atoms. The average molecular weight is 266 g/mol. The van der Waals surface area contributed by atoms with Crippen molar-refractivity contribution in [2.45, 2.75) is 30.6 Å². The SMILES string of the molecule is NS(=O)(=O)c1ccccc1N=C1CCCC(=O)C1. The van der Waals surface area contributed by atoms with Gasteiger partial charge in [-0.15, -0.1) is 0 Å². The summed E-state index contributed by atoms with van der Waals surface area (Å²) in [5.41, 5.74) is 1.03. The van der Waals surface area contributed by atoms with Crippen LogP contribution >= 0.6 is 0 Å². The van der Waals surface area contributed by atoms with Crippen molar-refractivity contribution in [2.75, 3.05) is 0 Å². The molecule has 0 spiro atoms. The minimum Gasteiger partial charge on any atom is -0.299 e. The number of Topliss-reactive ketones (excluding diaryl/α,β-unsaturated/α-hetero) is 1. The number of ketones is 1. The fourth-order valence-corrected chi connectivity index (χ4v) is 2.62. The van der Waals surface area contributed by atoms with Crippen molar-refractivity contribution in [2.24, 2.45) is 10.1 Å². The highest BCUT2D eigenvalue weighted by molar-refractivity contribution is 7.89. The van der Waals surface area contributed by atoms with Crippen LogP contribution in [0.3, 0.4) is 0 Å². The molecule has 0 aliphatic heterocycles. The van der Waals surface area contributed by atoms with Gasteiger partial charge in [-0.1, -0.05) is 12.1 Å². The lowest BCUT2D eigenvalue weighted by molar-refractivity contribution is -0.118. The summed E-state index contributed by atoms with van der Waals surface area (Å²) in [7, 11) is -3.79. The van der Waals surface area contributed by atoms with Crippen molar-refractivity contribution in [1.29, 1.82) is 0 Å². The zero-order valence-electron chi connectivity index (χ0n) is 9.80. The Labute approximate surface area is 106 Å². The molecule has 2 rings (SSSR count). The summed E-state index contributed by atoms with van der Waals surface area (Å²) in [6, 6.07) is 6.29. The van der Waals surface area contributed by atoms with E-state index in [1.807, 2.05) is 0 Å². The maximum atomic E-state index is 11.4. The Hall–Kier alpha value is -1.53. The lowest BCUT2D eigenvalue weighted by Gasteiger charge is -2.12. The Kier molecular flexibility index (Phi) is 3.58. The number of aliphatic imine (C=N–C) groups is 1. The van der Waals surface area contributed by atoms with E-state index in [0.717, 1.165) is 18.6 Å². The highest BCUT2D eigenvalue weighted by atomic mass is 32.2.